The molecule has 0 bridgehead atoms. The van der Waals surface area contributed by atoms with Crippen LogP contribution >= 0.6 is 0 Å². The van der Waals surface area contributed by atoms with E-state index in [0.29, 0.717) is 16.8 Å². The van der Waals surface area contributed by atoms with Crippen molar-refractivity contribution in [2.24, 2.45) is 0 Å². The van der Waals surface area contributed by atoms with Crippen LogP contribution in [0.25, 0.3) is 10.9 Å². The Bertz CT molecular complexity index is 1060. The number of sulfonamides is 1. The molecule has 3 rings (SSSR count). The largest absolute Gasteiger partial charge is 0.492 e. The second-order valence-corrected chi connectivity index (χ2v) is 7.58. The van der Waals surface area contributed by atoms with Crippen LogP contribution in [0.5, 0.6) is 5.75 Å². The van der Waals surface area contributed by atoms with Crippen molar-refractivity contribution in [3.05, 3.63) is 76.3 Å². The first-order valence-electron chi connectivity index (χ1n) is 7.90. The van der Waals surface area contributed by atoms with Crippen molar-refractivity contribution in [3.63, 3.8) is 0 Å². The van der Waals surface area contributed by atoms with Gasteiger partial charge in [-0.3, -0.25) is 4.79 Å². The third-order valence-electron chi connectivity index (χ3n) is 3.75. The van der Waals surface area contributed by atoms with Crippen LogP contribution in [0.1, 0.15) is 5.56 Å². The molecule has 0 saturated heterocycles. The van der Waals surface area contributed by atoms with Crippen molar-refractivity contribution in [1.82, 2.24) is 9.71 Å². The second kappa shape index (κ2) is 7.67. The molecule has 0 saturated carbocycles. The van der Waals surface area contributed by atoms with Gasteiger partial charge in [0.05, 0.1) is 5.75 Å². The van der Waals surface area contributed by atoms with E-state index >= 15 is 0 Å². The molecule has 1 aromatic heterocycles. The molecule has 0 aliphatic carbocycles. The Morgan fingerprint density at radius 2 is 1.81 bits per heavy atom. The van der Waals surface area contributed by atoms with Crippen LogP contribution in [0.4, 0.5) is 4.39 Å². The lowest BCUT2D eigenvalue weighted by atomic mass is 10.1. The molecule has 2 N–H and O–H groups in total. The van der Waals surface area contributed by atoms with Crippen LogP contribution in [0.15, 0.2) is 59.4 Å². The maximum absolute atomic E-state index is 12.8. The smallest absolute Gasteiger partial charge is 0.252 e. The van der Waals surface area contributed by atoms with Crippen LogP contribution in [0.3, 0.4) is 0 Å². The highest BCUT2D eigenvalue weighted by atomic mass is 32.2. The Hall–Kier alpha value is -2.71. The minimum atomic E-state index is -3.63. The van der Waals surface area contributed by atoms with Gasteiger partial charge in [0.25, 0.3) is 5.56 Å². The Labute approximate surface area is 149 Å². The highest BCUT2D eigenvalue weighted by Gasteiger charge is 2.12. The molecule has 0 atom stereocenters. The molecular formula is C18H17FN2O4S. The molecule has 0 amide bonds. The maximum Gasteiger partial charge on any atom is 0.252 e. The van der Waals surface area contributed by atoms with E-state index < -0.39 is 15.8 Å². The molecule has 3 aromatic rings. The molecule has 136 valence electrons. The van der Waals surface area contributed by atoms with Crippen molar-refractivity contribution >= 4 is 20.9 Å². The first-order valence-corrected chi connectivity index (χ1v) is 9.55. The summed E-state index contributed by atoms with van der Waals surface area (Å²) in [5.74, 6) is -0.296. The minimum Gasteiger partial charge on any atom is -0.492 e. The fraction of sp³-hybridized carbons (Fsp3) is 0.167. The summed E-state index contributed by atoms with van der Waals surface area (Å²) < 4.78 is 44.6. The van der Waals surface area contributed by atoms with Crippen molar-refractivity contribution in [3.8, 4) is 5.75 Å². The van der Waals surface area contributed by atoms with Crippen LogP contribution in [-0.4, -0.2) is 25.8 Å². The number of aromatic nitrogens is 1. The highest BCUT2D eigenvalue weighted by molar-refractivity contribution is 7.89. The summed E-state index contributed by atoms with van der Waals surface area (Å²) in [4.78, 5) is 14.7. The van der Waals surface area contributed by atoms with E-state index in [1.54, 1.807) is 12.1 Å². The van der Waals surface area contributed by atoms with E-state index in [1.165, 1.54) is 24.3 Å². The van der Waals surface area contributed by atoms with E-state index in [4.69, 9.17) is 4.74 Å². The van der Waals surface area contributed by atoms with Gasteiger partial charge in [-0.15, -0.1) is 0 Å². The van der Waals surface area contributed by atoms with Crippen LogP contribution in [-0.2, 0) is 16.6 Å². The summed E-state index contributed by atoms with van der Waals surface area (Å²) >= 11 is 0. The number of hydrogen-bond donors (Lipinski definition) is 2. The summed E-state index contributed by atoms with van der Waals surface area (Å²) in [7, 11) is -3.63. The van der Waals surface area contributed by atoms with Crippen molar-refractivity contribution in [2.45, 2.75) is 6.54 Å². The van der Waals surface area contributed by atoms with Gasteiger partial charge >= 0.3 is 0 Å². The topological polar surface area (TPSA) is 88.3 Å². The van der Waals surface area contributed by atoms with Crippen molar-refractivity contribution in [1.29, 1.82) is 0 Å². The summed E-state index contributed by atoms with van der Waals surface area (Å²) in [6.45, 7) is -0.200. The maximum atomic E-state index is 12.8. The van der Waals surface area contributed by atoms with Crippen molar-refractivity contribution in [2.75, 3.05) is 12.4 Å². The first-order chi connectivity index (χ1) is 12.4. The molecule has 8 heteroatoms. The minimum absolute atomic E-state index is 0.0883. The number of fused-ring (bicyclic) bond motifs is 1. The number of pyridine rings is 1. The lowest BCUT2D eigenvalue weighted by molar-refractivity contribution is 0.339. The number of rotatable bonds is 7. The summed E-state index contributed by atoms with van der Waals surface area (Å²) in [6, 6.07) is 14.2. The number of aromatic amines is 1. The van der Waals surface area contributed by atoms with Gasteiger partial charge in [0.1, 0.15) is 18.2 Å². The molecule has 0 aliphatic rings. The molecule has 0 aliphatic heterocycles. The zero-order valence-electron chi connectivity index (χ0n) is 13.7. The predicted molar refractivity (Wildman–Crippen MR) is 97.1 cm³/mol. The second-order valence-electron chi connectivity index (χ2n) is 5.65. The molecule has 0 unspecified atom stereocenters. The van der Waals surface area contributed by atoms with Gasteiger partial charge < -0.3 is 9.72 Å². The summed E-state index contributed by atoms with van der Waals surface area (Å²) in [6.07, 6.45) is 0. The van der Waals surface area contributed by atoms with E-state index in [9.17, 15) is 17.6 Å². The van der Waals surface area contributed by atoms with Gasteiger partial charge in [-0.25, -0.2) is 17.5 Å². The van der Waals surface area contributed by atoms with E-state index in [0.717, 1.165) is 5.39 Å². The number of hydrogen-bond acceptors (Lipinski definition) is 4. The third kappa shape index (κ3) is 4.68. The van der Waals surface area contributed by atoms with Crippen LogP contribution in [0.2, 0.25) is 0 Å². The number of H-pyrrole nitrogens is 1. The Morgan fingerprint density at radius 1 is 1.08 bits per heavy atom. The molecule has 1 heterocycles. The third-order valence-corrected chi connectivity index (χ3v) is 5.04. The standard InChI is InChI=1S/C18H17FN2O4S/c19-15-5-7-16(8-6-15)25-9-10-26(23,24)20-12-14-11-13-3-1-2-4-17(13)21-18(14)22/h1-8,11,20H,9-10,12H2,(H,21,22). The zero-order valence-corrected chi connectivity index (χ0v) is 14.6. The number of nitrogens with one attached hydrogen (secondary N) is 2. The molecular weight excluding hydrogens is 359 g/mol. The van der Waals surface area contributed by atoms with Gasteiger partial charge in [0.15, 0.2) is 0 Å². The molecule has 0 spiro atoms. The van der Waals surface area contributed by atoms with Gasteiger partial charge in [-0.1, -0.05) is 18.2 Å². The van der Waals surface area contributed by atoms with Gasteiger partial charge in [-0.05, 0) is 41.8 Å². The lowest BCUT2D eigenvalue weighted by Crippen LogP contribution is -2.30. The monoisotopic (exact) mass is 376 g/mol. The zero-order chi connectivity index (χ0) is 18.6. The van der Waals surface area contributed by atoms with E-state index in [-0.39, 0.29) is 24.5 Å². The average molecular weight is 376 g/mol. The number of ether oxygens (including phenoxy) is 1. The quantitative estimate of drug-likeness (QED) is 0.661. The molecule has 0 radical (unpaired) electrons. The summed E-state index contributed by atoms with van der Waals surface area (Å²) in [5, 5.41) is 0.820. The summed E-state index contributed by atoms with van der Waals surface area (Å²) in [5.41, 5.74) is 0.678. The average Bonchev–Trinajstić information content (AvgIpc) is 2.61. The van der Waals surface area contributed by atoms with Crippen LogP contribution < -0.4 is 15.0 Å². The first kappa shape index (κ1) is 18.1. The van der Waals surface area contributed by atoms with Gasteiger partial charge in [0, 0.05) is 17.6 Å². The number of benzene rings is 2. The molecule has 0 fully saturated rings. The fourth-order valence-corrected chi connectivity index (χ4v) is 3.21. The predicted octanol–water partition coefficient (Wildman–Crippen LogP) is 2.17. The van der Waals surface area contributed by atoms with E-state index in [2.05, 4.69) is 9.71 Å². The fourth-order valence-electron chi connectivity index (χ4n) is 2.38. The Kier molecular flexibility index (Phi) is 5.34. The molecule has 6 nitrogen and oxygen atoms in total. The van der Waals surface area contributed by atoms with Gasteiger partial charge in [0.2, 0.25) is 10.0 Å². The molecule has 26 heavy (non-hydrogen) atoms. The Balaban J connectivity index is 1.58. The van der Waals surface area contributed by atoms with E-state index in [1.807, 2.05) is 18.2 Å². The molecule has 2 aromatic carbocycles. The SMILES string of the molecule is O=c1[nH]c2ccccc2cc1CNS(=O)(=O)CCOc1ccc(F)cc1. The Morgan fingerprint density at radius 3 is 2.58 bits per heavy atom. The normalized spacial score (nSPS) is 11.6. The number of para-hydroxylation sites is 1. The lowest BCUT2D eigenvalue weighted by Gasteiger charge is -2.09. The van der Waals surface area contributed by atoms with Gasteiger partial charge in [-0.2, -0.15) is 0 Å². The highest BCUT2D eigenvalue weighted by Crippen LogP contribution is 2.11. The van der Waals surface area contributed by atoms with Crippen molar-refractivity contribution < 1.29 is 17.5 Å². The van der Waals surface area contributed by atoms with Crippen LogP contribution in [0, 0.1) is 5.82 Å². The number of halogens is 1.